The molecule has 6 atom stereocenters. The molecule has 326 valence electrons. The standard InChI is InChI=1S/C44H55N6O9PS/c1-27(2)45-42-47-37(26-61-42)36-22-39(33-18-17-30(56-3)20-35(33)46-36)58-32-21-38-40(51)49-44(60(54,55)25-31-15-11-19-57-31)23-28(44)12-7-5-4-6-8-16-34(41(52)50(38)24-32)48-43(53)59-29-13-9-10-14-29/h7,11-12,15,17-20,22,26-29,32,34,38H,4-6,8-10,13-14,16,21,23-25H2,1-3H3,(H,45,47)(H,48,53)(H,49,51)(H,54,55)/t28-,32-,34+,38+,44+/m1/s1. The van der Waals surface area contributed by atoms with E-state index in [0.29, 0.717) is 52.4 Å². The second kappa shape index (κ2) is 18.2. The fraction of sp³-hybridized carbons (Fsp3) is 0.523. The molecule has 4 aliphatic rings. The lowest BCUT2D eigenvalue weighted by atomic mass is 10.0. The van der Waals surface area contributed by atoms with Crippen molar-refractivity contribution in [2.24, 2.45) is 5.92 Å². The van der Waals surface area contributed by atoms with Crippen molar-refractivity contribution in [2.45, 2.75) is 126 Å². The summed E-state index contributed by atoms with van der Waals surface area (Å²) in [6.07, 6.45) is 10.8. The molecule has 0 spiro atoms. The van der Waals surface area contributed by atoms with Crippen LogP contribution in [0.15, 0.2) is 64.6 Å². The van der Waals surface area contributed by atoms with Crippen LogP contribution in [0.2, 0.25) is 0 Å². The number of allylic oxidation sites excluding steroid dienone is 1. The first-order valence-corrected chi connectivity index (χ1v) is 24.1. The summed E-state index contributed by atoms with van der Waals surface area (Å²) in [6.45, 7) is 4.09. The molecule has 2 saturated carbocycles. The van der Waals surface area contributed by atoms with Gasteiger partial charge < -0.3 is 44.4 Å². The quantitative estimate of drug-likeness (QED) is 0.0840. The number of nitrogens with zero attached hydrogens (tertiary/aromatic N) is 3. The van der Waals surface area contributed by atoms with Crippen molar-refractivity contribution in [1.82, 2.24) is 25.5 Å². The van der Waals surface area contributed by atoms with Gasteiger partial charge in [-0.25, -0.2) is 14.8 Å². The largest absolute Gasteiger partial charge is 0.497 e. The summed E-state index contributed by atoms with van der Waals surface area (Å²) in [6, 6.07) is 8.75. The van der Waals surface area contributed by atoms with E-state index in [2.05, 4.69) is 16.0 Å². The van der Waals surface area contributed by atoms with Crippen molar-refractivity contribution in [1.29, 1.82) is 0 Å². The zero-order valence-electron chi connectivity index (χ0n) is 34.8. The van der Waals surface area contributed by atoms with E-state index in [4.69, 9.17) is 28.6 Å². The number of pyridine rings is 1. The number of hydrogen-bond acceptors (Lipinski definition) is 12. The number of furan rings is 1. The summed E-state index contributed by atoms with van der Waals surface area (Å²) in [5.41, 5.74) is 1.83. The lowest BCUT2D eigenvalue weighted by Crippen LogP contribution is -2.55. The predicted molar refractivity (Wildman–Crippen MR) is 232 cm³/mol. The van der Waals surface area contributed by atoms with Crippen LogP contribution in [0.25, 0.3) is 22.3 Å². The molecule has 3 aromatic heterocycles. The number of fused-ring (bicyclic) bond motifs is 3. The Balaban J connectivity index is 1.13. The summed E-state index contributed by atoms with van der Waals surface area (Å²) < 4.78 is 37.9. The summed E-state index contributed by atoms with van der Waals surface area (Å²) >= 11 is 1.47. The summed E-state index contributed by atoms with van der Waals surface area (Å²) in [5.74, 6) is 0.0411. The molecule has 15 nitrogen and oxygen atoms in total. The molecule has 1 aromatic carbocycles. The number of carbonyl (C=O) groups is 3. The van der Waals surface area contributed by atoms with Crippen molar-refractivity contribution in [3.8, 4) is 22.9 Å². The Kier molecular flexibility index (Phi) is 12.8. The first-order valence-electron chi connectivity index (χ1n) is 21.4. The summed E-state index contributed by atoms with van der Waals surface area (Å²) in [4.78, 5) is 65.7. The maximum atomic E-state index is 14.8. The molecule has 8 rings (SSSR count). The highest BCUT2D eigenvalue weighted by Crippen LogP contribution is 2.71. The van der Waals surface area contributed by atoms with Crippen LogP contribution >= 0.6 is 18.7 Å². The van der Waals surface area contributed by atoms with Gasteiger partial charge in [0.15, 0.2) is 5.13 Å². The zero-order valence-corrected chi connectivity index (χ0v) is 36.6. The van der Waals surface area contributed by atoms with Crippen molar-refractivity contribution in [3.63, 3.8) is 0 Å². The molecule has 5 heterocycles. The Morgan fingerprint density at radius 2 is 1.90 bits per heavy atom. The van der Waals surface area contributed by atoms with Gasteiger partial charge in [-0.05, 0) is 89.5 Å². The molecular formula is C44H55N6O9PS. The lowest BCUT2D eigenvalue weighted by Gasteiger charge is -2.31. The fourth-order valence-corrected chi connectivity index (χ4v) is 11.9. The van der Waals surface area contributed by atoms with E-state index in [1.807, 2.05) is 55.6 Å². The number of nitrogens with one attached hydrogen (secondary N) is 3. The van der Waals surface area contributed by atoms with E-state index < -0.39 is 48.7 Å². The summed E-state index contributed by atoms with van der Waals surface area (Å²) in [5, 5.41) is 11.1. The Bertz CT molecular complexity index is 2290. The predicted octanol–water partition coefficient (Wildman–Crippen LogP) is 7.99. The van der Waals surface area contributed by atoms with Crippen LogP contribution in [0.1, 0.15) is 90.2 Å². The molecule has 4 aromatic rings. The molecule has 1 unspecified atom stereocenters. The molecule has 3 amide bonds. The first kappa shape index (κ1) is 42.8. The smallest absolute Gasteiger partial charge is 0.408 e. The van der Waals surface area contributed by atoms with E-state index >= 15 is 0 Å². The number of hydrogen-bond donors (Lipinski definition) is 4. The average Bonchev–Trinajstić information content (AvgIpc) is 3.86. The zero-order chi connectivity index (χ0) is 42.7. The Labute approximate surface area is 359 Å². The van der Waals surface area contributed by atoms with Crippen molar-refractivity contribution in [2.75, 3.05) is 19.0 Å². The number of anilines is 1. The van der Waals surface area contributed by atoms with Gasteiger partial charge in [-0.3, -0.25) is 14.2 Å². The van der Waals surface area contributed by atoms with Crippen LogP contribution in [0.3, 0.4) is 0 Å². The first-order chi connectivity index (χ1) is 29.4. The minimum Gasteiger partial charge on any atom is -0.497 e. The molecule has 1 saturated heterocycles. The summed E-state index contributed by atoms with van der Waals surface area (Å²) in [7, 11) is -2.54. The van der Waals surface area contributed by atoms with Gasteiger partial charge >= 0.3 is 6.09 Å². The van der Waals surface area contributed by atoms with Gasteiger partial charge in [-0.2, -0.15) is 0 Å². The second-order valence-electron chi connectivity index (χ2n) is 16.9. The molecule has 4 N–H and O–H groups in total. The minimum absolute atomic E-state index is 0.0146. The molecule has 0 bridgehead atoms. The van der Waals surface area contributed by atoms with Gasteiger partial charge in [-0.15, -0.1) is 11.3 Å². The average molecular weight is 875 g/mol. The van der Waals surface area contributed by atoms with Gasteiger partial charge in [0, 0.05) is 41.3 Å². The number of aromatic nitrogens is 2. The number of alkyl carbamates (subject to hydrolysis) is 1. The molecule has 2 aliphatic carbocycles. The Morgan fingerprint density at radius 1 is 1.08 bits per heavy atom. The second-order valence-corrected chi connectivity index (χ2v) is 20.3. The highest BCUT2D eigenvalue weighted by molar-refractivity contribution is 7.59. The third-order valence-electron chi connectivity index (χ3n) is 12.1. The fourth-order valence-electron chi connectivity index (χ4n) is 8.82. The Hall–Kier alpha value is -4.92. The van der Waals surface area contributed by atoms with Crippen LogP contribution in [-0.2, 0) is 25.1 Å². The Morgan fingerprint density at radius 3 is 2.67 bits per heavy atom. The number of benzene rings is 1. The van der Waals surface area contributed by atoms with Crippen LogP contribution in [0.4, 0.5) is 9.93 Å². The highest BCUT2D eigenvalue weighted by atomic mass is 32.1. The number of methoxy groups -OCH3 is 1. The van der Waals surface area contributed by atoms with Gasteiger partial charge in [0.25, 0.3) is 0 Å². The van der Waals surface area contributed by atoms with Crippen molar-refractivity contribution < 1.29 is 42.5 Å². The van der Waals surface area contributed by atoms with Crippen molar-refractivity contribution >= 4 is 52.6 Å². The van der Waals surface area contributed by atoms with Gasteiger partial charge in [-0.1, -0.05) is 25.0 Å². The third kappa shape index (κ3) is 9.61. The minimum atomic E-state index is -4.12. The van der Waals surface area contributed by atoms with E-state index in [1.165, 1.54) is 22.5 Å². The number of amides is 3. The van der Waals surface area contributed by atoms with E-state index in [-0.39, 0.29) is 43.6 Å². The lowest BCUT2D eigenvalue weighted by molar-refractivity contribution is -0.140. The highest BCUT2D eigenvalue weighted by Gasteiger charge is 2.66. The molecule has 3 fully saturated rings. The maximum absolute atomic E-state index is 14.8. The number of rotatable bonds is 11. The number of thiazole rings is 1. The molecule has 2 aliphatic heterocycles. The molecule has 17 heteroatoms. The van der Waals surface area contributed by atoms with Crippen LogP contribution in [0.5, 0.6) is 11.5 Å². The SMILES string of the molecule is COc1ccc2c(O[C@@H]3C[C@H]4C(=O)N[C@]5(P(=O)(O)Cc6ccco6)C[C@H]5C=CCCCCC[C@H](NC(=O)OC5CCCC5)C(=O)N4C3)cc(-c3csc(NC(C)C)n3)nc2c1. The topological polar surface area (TPSA) is 194 Å². The maximum Gasteiger partial charge on any atom is 0.408 e. The van der Waals surface area contributed by atoms with Gasteiger partial charge in [0.05, 0.1) is 37.3 Å². The van der Waals surface area contributed by atoms with E-state index in [0.717, 1.165) is 50.1 Å². The molecular weight excluding hydrogens is 820 g/mol. The van der Waals surface area contributed by atoms with E-state index in [1.54, 1.807) is 19.2 Å². The molecule has 0 radical (unpaired) electrons. The molecule has 61 heavy (non-hydrogen) atoms. The monoisotopic (exact) mass is 874 g/mol. The van der Waals surface area contributed by atoms with Crippen LogP contribution < -0.4 is 25.4 Å². The van der Waals surface area contributed by atoms with Crippen molar-refractivity contribution in [3.05, 3.63) is 66.0 Å². The number of ether oxygens (including phenoxy) is 3. The number of carbonyl (C=O) groups excluding carboxylic acids is 3. The third-order valence-corrected chi connectivity index (χ3v) is 15.5. The normalized spacial score (nSPS) is 25.8. The van der Waals surface area contributed by atoms with Crippen LogP contribution in [-0.4, -0.2) is 86.9 Å². The van der Waals surface area contributed by atoms with Gasteiger partial charge in [0.1, 0.15) is 52.5 Å². The van der Waals surface area contributed by atoms with Crippen LogP contribution in [0, 0.1) is 5.92 Å². The van der Waals surface area contributed by atoms with Gasteiger partial charge in [0.2, 0.25) is 19.2 Å². The van der Waals surface area contributed by atoms with E-state index in [9.17, 15) is 23.8 Å².